The van der Waals surface area contributed by atoms with Crippen LogP contribution in [0.1, 0.15) is 30.5 Å². The van der Waals surface area contributed by atoms with Crippen LogP contribution in [0.3, 0.4) is 0 Å². The van der Waals surface area contributed by atoms with Crippen molar-refractivity contribution in [1.29, 1.82) is 0 Å². The minimum absolute atomic E-state index is 0.0203. The number of rotatable bonds is 11. The SMILES string of the molecule is C[Si](C)(C)CCOCn1ncc2c(N)ncc(NC(=O)C(=O)N(Cc3ccc(C(F)(F)F)cn3)[C@H]3CCC[C@@H]3OC(F)F)c21. The van der Waals surface area contributed by atoms with E-state index in [1.54, 1.807) is 0 Å². The van der Waals surface area contributed by atoms with Gasteiger partial charge in [0.1, 0.15) is 12.5 Å². The van der Waals surface area contributed by atoms with Crippen LogP contribution >= 0.6 is 0 Å². The summed E-state index contributed by atoms with van der Waals surface area (Å²) in [6, 6.07) is 1.81. The predicted octanol–water partition coefficient (Wildman–Crippen LogP) is 4.87. The summed E-state index contributed by atoms with van der Waals surface area (Å²) in [6.45, 7) is 3.61. The Morgan fingerprint density at radius 2 is 1.91 bits per heavy atom. The normalized spacial score (nSPS) is 17.4. The molecule has 2 amide bonds. The van der Waals surface area contributed by atoms with Gasteiger partial charge in [-0.2, -0.15) is 27.1 Å². The number of hydrogen-bond acceptors (Lipinski definition) is 8. The molecule has 3 heterocycles. The van der Waals surface area contributed by atoms with Gasteiger partial charge in [0.25, 0.3) is 0 Å². The highest BCUT2D eigenvalue weighted by atomic mass is 28.3. The molecular weight excluding hydrogens is 609 g/mol. The number of nitrogens with two attached hydrogens (primary N) is 1. The first-order chi connectivity index (χ1) is 20.6. The first kappa shape index (κ1) is 33.2. The van der Waals surface area contributed by atoms with Crippen LogP contribution in [0.2, 0.25) is 25.7 Å². The Labute approximate surface area is 250 Å². The number of hydrogen-bond donors (Lipinski definition) is 2. The number of fused-ring (bicyclic) bond motifs is 1. The van der Waals surface area contributed by atoms with Crippen LogP contribution in [0, 0.1) is 0 Å². The van der Waals surface area contributed by atoms with E-state index in [-0.39, 0.29) is 36.8 Å². The molecule has 17 heteroatoms. The van der Waals surface area contributed by atoms with Gasteiger partial charge >= 0.3 is 24.6 Å². The fourth-order valence-electron chi connectivity index (χ4n) is 4.90. The van der Waals surface area contributed by atoms with Crippen molar-refractivity contribution < 1.29 is 41.0 Å². The molecule has 0 aliphatic heterocycles. The molecule has 4 rings (SSSR count). The molecule has 0 radical (unpaired) electrons. The van der Waals surface area contributed by atoms with Gasteiger partial charge in [0.2, 0.25) is 0 Å². The van der Waals surface area contributed by atoms with Crippen molar-refractivity contribution >= 4 is 42.3 Å². The number of carbonyl (C=O) groups excluding carboxylic acids is 2. The van der Waals surface area contributed by atoms with Crippen LogP contribution in [0.25, 0.3) is 10.9 Å². The molecule has 0 unspecified atom stereocenters. The van der Waals surface area contributed by atoms with E-state index < -0.39 is 56.9 Å². The smallest absolute Gasteiger partial charge is 0.383 e. The maximum Gasteiger partial charge on any atom is 0.417 e. The maximum absolute atomic E-state index is 13.6. The summed E-state index contributed by atoms with van der Waals surface area (Å²) < 4.78 is 77.4. The molecule has 0 saturated heterocycles. The standard InChI is InChI=1S/C27H34F5N7O4Si/c1-44(2,3)10-9-42-15-39-22-18(12-36-39)23(33)35-13-19(22)37-24(40)25(41)38(20-5-4-6-21(20)43-26(28)29)14-17-8-7-16(11-34-17)27(30,31)32/h7-8,11-13,20-21,26H,4-6,9-10,14-15H2,1-3H3,(H2,33,35)(H,37,40)/t20-,21-/m0/s1. The molecule has 1 aliphatic carbocycles. The Morgan fingerprint density at radius 1 is 1.16 bits per heavy atom. The van der Waals surface area contributed by atoms with Gasteiger partial charge in [-0.1, -0.05) is 19.6 Å². The summed E-state index contributed by atoms with van der Waals surface area (Å²) in [6.07, 6.45) is -1.58. The van der Waals surface area contributed by atoms with E-state index in [2.05, 4.69) is 40.0 Å². The van der Waals surface area contributed by atoms with E-state index in [4.69, 9.17) is 15.2 Å². The molecule has 44 heavy (non-hydrogen) atoms. The minimum Gasteiger partial charge on any atom is -0.383 e. The number of amides is 2. The second-order valence-electron chi connectivity index (χ2n) is 11.7. The average Bonchev–Trinajstić information content (AvgIpc) is 3.57. The molecule has 3 N–H and O–H groups in total. The van der Waals surface area contributed by atoms with Gasteiger partial charge in [-0.25, -0.2) is 9.67 Å². The third-order valence-electron chi connectivity index (χ3n) is 7.20. The second kappa shape index (κ2) is 13.5. The van der Waals surface area contributed by atoms with Crippen LogP contribution < -0.4 is 11.1 Å². The molecule has 240 valence electrons. The Hall–Kier alpha value is -3.70. The van der Waals surface area contributed by atoms with Crippen molar-refractivity contribution in [3.05, 3.63) is 42.0 Å². The number of aromatic nitrogens is 4. The lowest BCUT2D eigenvalue weighted by molar-refractivity contribution is -0.178. The van der Waals surface area contributed by atoms with Crippen LogP contribution in [0.15, 0.2) is 30.7 Å². The van der Waals surface area contributed by atoms with Gasteiger partial charge in [-0.15, -0.1) is 0 Å². The van der Waals surface area contributed by atoms with Crippen molar-refractivity contribution in [2.24, 2.45) is 0 Å². The minimum atomic E-state index is -4.63. The van der Waals surface area contributed by atoms with E-state index in [1.165, 1.54) is 17.1 Å². The molecule has 0 bridgehead atoms. The van der Waals surface area contributed by atoms with Crippen molar-refractivity contribution in [3.8, 4) is 0 Å². The number of carbonyl (C=O) groups is 2. The molecule has 11 nitrogen and oxygen atoms in total. The van der Waals surface area contributed by atoms with Gasteiger partial charge in [0, 0.05) is 20.9 Å². The monoisotopic (exact) mass is 643 g/mol. The van der Waals surface area contributed by atoms with Crippen LogP contribution in [-0.2, 0) is 38.5 Å². The first-order valence-corrected chi connectivity index (χ1v) is 17.6. The summed E-state index contributed by atoms with van der Waals surface area (Å²) in [4.78, 5) is 35.8. The third kappa shape index (κ3) is 8.26. The highest BCUT2D eigenvalue weighted by molar-refractivity contribution is 6.76. The highest BCUT2D eigenvalue weighted by Gasteiger charge is 2.39. The Morgan fingerprint density at radius 3 is 2.55 bits per heavy atom. The van der Waals surface area contributed by atoms with E-state index >= 15 is 0 Å². The van der Waals surface area contributed by atoms with Crippen LogP contribution in [-0.4, -0.2) is 69.9 Å². The topological polar surface area (TPSA) is 137 Å². The number of halogens is 5. The number of pyridine rings is 2. The van der Waals surface area contributed by atoms with Gasteiger partial charge < -0.3 is 25.4 Å². The number of anilines is 2. The van der Waals surface area contributed by atoms with Crippen LogP contribution in [0.4, 0.5) is 33.5 Å². The van der Waals surface area contributed by atoms with E-state index in [1.807, 2.05) is 0 Å². The number of alkyl halides is 5. The zero-order valence-electron chi connectivity index (χ0n) is 24.4. The number of nitrogen functional groups attached to an aromatic ring is 1. The fourth-order valence-corrected chi connectivity index (χ4v) is 5.66. The Balaban J connectivity index is 1.59. The van der Waals surface area contributed by atoms with Crippen LogP contribution in [0.5, 0.6) is 0 Å². The summed E-state index contributed by atoms with van der Waals surface area (Å²) in [5.41, 5.74) is 5.47. The zero-order chi connectivity index (χ0) is 32.2. The van der Waals surface area contributed by atoms with E-state index in [0.29, 0.717) is 30.1 Å². The molecule has 0 aromatic carbocycles. The van der Waals surface area contributed by atoms with Crippen molar-refractivity contribution in [1.82, 2.24) is 24.6 Å². The lowest BCUT2D eigenvalue weighted by Gasteiger charge is -2.32. The number of ether oxygens (including phenoxy) is 2. The quantitative estimate of drug-likeness (QED) is 0.131. The molecule has 1 aliphatic rings. The van der Waals surface area contributed by atoms with Crippen molar-refractivity contribution in [2.45, 2.75) is 83.2 Å². The molecule has 1 fully saturated rings. The third-order valence-corrected chi connectivity index (χ3v) is 8.90. The maximum atomic E-state index is 13.6. The Kier molecular flexibility index (Phi) is 10.2. The summed E-state index contributed by atoms with van der Waals surface area (Å²) in [7, 11) is -1.35. The van der Waals surface area contributed by atoms with E-state index in [0.717, 1.165) is 23.1 Å². The predicted molar refractivity (Wildman–Crippen MR) is 153 cm³/mol. The van der Waals surface area contributed by atoms with Gasteiger partial charge in [0.15, 0.2) is 0 Å². The second-order valence-corrected chi connectivity index (χ2v) is 17.3. The summed E-state index contributed by atoms with van der Waals surface area (Å²) >= 11 is 0. The lowest BCUT2D eigenvalue weighted by Crippen LogP contribution is -2.49. The molecule has 2 atom stereocenters. The number of nitrogens with zero attached hydrogens (tertiary/aromatic N) is 5. The molecule has 1 saturated carbocycles. The lowest BCUT2D eigenvalue weighted by atomic mass is 10.1. The largest absolute Gasteiger partial charge is 0.417 e. The average molecular weight is 644 g/mol. The molecular formula is C27H34F5N7O4Si. The summed E-state index contributed by atoms with van der Waals surface area (Å²) in [5.74, 6) is -2.13. The molecule has 0 spiro atoms. The molecule has 3 aromatic heterocycles. The van der Waals surface area contributed by atoms with Gasteiger partial charge in [-0.05, 0) is 37.4 Å². The number of nitrogens with one attached hydrogen (secondary N) is 1. The fraction of sp³-hybridized carbons (Fsp3) is 0.519. The van der Waals surface area contributed by atoms with Gasteiger partial charge in [0.05, 0.1) is 58.9 Å². The highest BCUT2D eigenvalue weighted by Crippen LogP contribution is 2.32. The van der Waals surface area contributed by atoms with Crippen molar-refractivity contribution in [2.75, 3.05) is 17.7 Å². The molecule has 3 aromatic rings. The zero-order valence-corrected chi connectivity index (χ0v) is 25.4. The van der Waals surface area contributed by atoms with Gasteiger partial charge in [-0.3, -0.25) is 14.6 Å². The first-order valence-electron chi connectivity index (χ1n) is 13.9. The van der Waals surface area contributed by atoms with E-state index in [9.17, 15) is 31.5 Å². The van der Waals surface area contributed by atoms with Crippen molar-refractivity contribution in [3.63, 3.8) is 0 Å². The summed E-state index contributed by atoms with van der Waals surface area (Å²) in [5, 5.41) is 7.19. The Bertz CT molecular complexity index is 1460.